The SMILES string of the molecule is CCOC(=O)CSc1nnc(CCCOc2ccc(Cl)cc2C)n1CC. The maximum atomic E-state index is 11.5. The van der Waals surface area contributed by atoms with Gasteiger partial charge in [-0.15, -0.1) is 10.2 Å². The van der Waals surface area contributed by atoms with Gasteiger partial charge >= 0.3 is 5.97 Å². The zero-order chi connectivity index (χ0) is 18.9. The van der Waals surface area contributed by atoms with Gasteiger partial charge in [-0.1, -0.05) is 23.4 Å². The molecule has 6 nitrogen and oxygen atoms in total. The standard InChI is InChI=1S/C18H24ClN3O3S/c1-4-22-16(20-21-18(22)26-12-17(23)24-5-2)7-6-10-25-15-9-8-14(19)11-13(15)3/h8-9,11H,4-7,10,12H2,1-3H3. The van der Waals surface area contributed by atoms with Crippen LogP contribution in [0.25, 0.3) is 0 Å². The number of benzene rings is 1. The van der Waals surface area contributed by atoms with Gasteiger partial charge in [-0.2, -0.15) is 0 Å². The van der Waals surface area contributed by atoms with Gasteiger partial charge in [-0.3, -0.25) is 4.79 Å². The van der Waals surface area contributed by atoms with Crippen molar-refractivity contribution in [2.24, 2.45) is 0 Å². The molecule has 0 radical (unpaired) electrons. The zero-order valence-electron chi connectivity index (χ0n) is 15.3. The smallest absolute Gasteiger partial charge is 0.316 e. The summed E-state index contributed by atoms with van der Waals surface area (Å²) in [5, 5.41) is 9.89. The summed E-state index contributed by atoms with van der Waals surface area (Å²) in [7, 11) is 0. The van der Waals surface area contributed by atoms with Crippen molar-refractivity contribution in [1.82, 2.24) is 14.8 Å². The Balaban J connectivity index is 1.84. The molecule has 8 heteroatoms. The number of nitrogens with zero attached hydrogens (tertiary/aromatic N) is 3. The quantitative estimate of drug-likeness (QED) is 0.344. The highest BCUT2D eigenvalue weighted by molar-refractivity contribution is 7.99. The minimum Gasteiger partial charge on any atom is -0.493 e. The van der Waals surface area contributed by atoms with Crippen molar-refractivity contribution in [2.45, 2.75) is 45.3 Å². The Bertz CT molecular complexity index is 736. The molecule has 26 heavy (non-hydrogen) atoms. The lowest BCUT2D eigenvalue weighted by atomic mass is 10.2. The number of rotatable bonds is 10. The van der Waals surface area contributed by atoms with E-state index in [9.17, 15) is 4.79 Å². The average molecular weight is 398 g/mol. The molecule has 0 unspecified atom stereocenters. The predicted molar refractivity (Wildman–Crippen MR) is 103 cm³/mol. The van der Waals surface area contributed by atoms with Gasteiger partial charge in [-0.05, 0) is 51.0 Å². The number of carbonyl (C=O) groups excluding carboxylic acids is 1. The minimum absolute atomic E-state index is 0.239. The van der Waals surface area contributed by atoms with Crippen molar-refractivity contribution in [3.05, 3.63) is 34.6 Å². The van der Waals surface area contributed by atoms with Gasteiger partial charge in [-0.25, -0.2) is 0 Å². The van der Waals surface area contributed by atoms with Crippen molar-refractivity contribution in [3.8, 4) is 5.75 Å². The van der Waals surface area contributed by atoms with E-state index in [1.165, 1.54) is 11.8 Å². The molecule has 0 amide bonds. The molecule has 2 aromatic rings. The first kappa shape index (κ1) is 20.6. The van der Waals surface area contributed by atoms with E-state index < -0.39 is 0 Å². The molecule has 0 aliphatic carbocycles. The molecule has 0 aliphatic heterocycles. The number of hydrogen-bond acceptors (Lipinski definition) is 6. The molecule has 0 atom stereocenters. The third-order valence-corrected chi connectivity index (χ3v) is 4.85. The molecule has 0 N–H and O–H groups in total. The van der Waals surface area contributed by atoms with Crippen LogP contribution in [0, 0.1) is 6.92 Å². The highest BCUT2D eigenvalue weighted by Gasteiger charge is 2.13. The fourth-order valence-corrected chi connectivity index (χ4v) is 3.49. The number of thioether (sulfide) groups is 1. The van der Waals surface area contributed by atoms with E-state index in [4.69, 9.17) is 21.1 Å². The normalized spacial score (nSPS) is 10.8. The zero-order valence-corrected chi connectivity index (χ0v) is 16.9. The molecule has 0 aliphatic rings. The number of esters is 1. The Morgan fingerprint density at radius 2 is 2.12 bits per heavy atom. The van der Waals surface area contributed by atoms with Crippen LogP contribution in [0.4, 0.5) is 0 Å². The van der Waals surface area contributed by atoms with Crippen LogP contribution < -0.4 is 4.74 Å². The fraction of sp³-hybridized carbons (Fsp3) is 0.500. The van der Waals surface area contributed by atoms with Gasteiger partial charge in [0.1, 0.15) is 11.6 Å². The predicted octanol–water partition coefficient (Wildman–Crippen LogP) is 3.93. The number of ether oxygens (including phenoxy) is 2. The van der Waals surface area contributed by atoms with Crippen LogP contribution in [0.3, 0.4) is 0 Å². The lowest BCUT2D eigenvalue weighted by molar-refractivity contribution is -0.139. The van der Waals surface area contributed by atoms with E-state index >= 15 is 0 Å². The molecule has 0 saturated carbocycles. The van der Waals surface area contributed by atoms with Crippen molar-refractivity contribution < 1.29 is 14.3 Å². The van der Waals surface area contributed by atoms with Gasteiger partial charge in [0.2, 0.25) is 0 Å². The monoisotopic (exact) mass is 397 g/mol. The lowest BCUT2D eigenvalue weighted by Crippen LogP contribution is -2.09. The highest BCUT2D eigenvalue weighted by atomic mass is 35.5. The summed E-state index contributed by atoms with van der Waals surface area (Å²) >= 11 is 7.30. The third kappa shape index (κ3) is 5.92. The number of aromatic nitrogens is 3. The second-order valence-corrected chi connectivity index (χ2v) is 6.98. The largest absolute Gasteiger partial charge is 0.493 e. The molecular weight excluding hydrogens is 374 g/mol. The van der Waals surface area contributed by atoms with Gasteiger partial charge in [0.25, 0.3) is 0 Å². The molecule has 2 rings (SSSR count). The van der Waals surface area contributed by atoms with E-state index in [1.807, 2.05) is 36.6 Å². The maximum Gasteiger partial charge on any atom is 0.316 e. The first-order valence-corrected chi connectivity index (χ1v) is 10.0. The minimum atomic E-state index is -0.239. The number of hydrogen-bond donors (Lipinski definition) is 0. The lowest BCUT2D eigenvalue weighted by Gasteiger charge is -2.10. The first-order chi connectivity index (χ1) is 12.5. The van der Waals surface area contributed by atoms with E-state index in [0.29, 0.717) is 18.2 Å². The topological polar surface area (TPSA) is 66.2 Å². The van der Waals surface area contributed by atoms with Crippen LogP contribution in [0.5, 0.6) is 5.75 Å². The fourth-order valence-electron chi connectivity index (χ4n) is 2.44. The second-order valence-electron chi connectivity index (χ2n) is 5.60. The van der Waals surface area contributed by atoms with Crippen molar-refractivity contribution in [3.63, 3.8) is 0 Å². The summed E-state index contributed by atoms with van der Waals surface area (Å²) < 4.78 is 12.8. The third-order valence-electron chi connectivity index (χ3n) is 3.67. The summed E-state index contributed by atoms with van der Waals surface area (Å²) in [4.78, 5) is 11.5. The van der Waals surface area contributed by atoms with Crippen LogP contribution in [-0.2, 0) is 22.5 Å². The summed E-state index contributed by atoms with van der Waals surface area (Å²) in [5.41, 5.74) is 1.02. The summed E-state index contributed by atoms with van der Waals surface area (Å²) in [6.07, 6.45) is 1.58. The van der Waals surface area contributed by atoms with Crippen LogP contribution >= 0.6 is 23.4 Å². The maximum absolute atomic E-state index is 11.5. The molecule has 0 fully saturated rings. The Hall–Kier alpha value is -1.73. The molecule has 1 heterocycles. The molecule has 0 bridgehead atoms. The second kappa shape index (κ2) is 10.4. The Morgan fingerprint density at radius 3 is 2.81 bits per heavy atom. The average Bonchev–Trinajstić information content (AvgIpc) is 3.00. The van der Waals surface area contributed by atoms with Gasteiger partial charge in [0.15, 0.2) is 5.16 Å². The van der Waals surface area contributed by atoms with E-state index in [1.54, 1.807) is 6.92 Å². The van der Waals surface area contributed by atoms with E-state index in [0.717, 1.165) is 41.7 Å². The molecule has 1 aromatic carbocycles. The van der Waals surface area contributed by atoms with Gasteiger partial charge < -0.3 is 14.0 Å². The van der Waals surface area contributed by atoms with Crippen LogP contribution in [0.15, 0.2) is 23.4 Å². The first-order valence-electron chi connectivity index (χ1n) is 8.64. The summed E-state index contributed by atoms with van der Waals surface area (Å²) in [5.74, 6) is 1.74. The van der Waals surface area contributed by atoms with Gasteiger partial charge in [0, 0.05) is 18.0 Å². The van der Waals surface area contributed by atoms with E-state index in [-0.39, 0.29) is 11.7 Å². The Labute approximate surface area is 163 Å². The van der Waals surface area contributed by atoms with Crippen molar-refractivity contribution in [1.29, 1.82) is 0 Å². The summed E-state index contributed by atoms with van der Waals surface area (Å²) in [6.45, 7) is 7.53. The molecular formula is C18H24ClN3O3S. The molecule has 1 aromatic heterocycles. The highest BCUT2D eigenvalue weighted by Crippen LogP contribution is 2.22. The summed E-state index contributed by atoms with van der Waals surface area (Å²) in [6, 6.07) is 5.60. The van der Waals surface area contributed by atoms with E-state index in [2.05, 4.69) is 10.2 Å². The number of carbonyl (C=O) groups is 1. The van der Waals surface area contributed by atoms with Crippen LogP contribution in [0.1, 0.15) is 31.7 Å². The number of aryl methyl sites for hydroxylation is 2. The Morgan fingerprint density at radius 1 is 1.31 bits per heavy atom. The Kier molecular flexibility index (Phi) is 8.25. The molecule has 0 spiro atoms. The number of halogens is 1. The van der Waals surface area contributed by atoms with Crippen molar-refractivity contribution >= 4 is 29.3 Å². The van der Waals surface area contributed by atoms with Crippen LogP contribution in [0.2, 0.25) is 5.02 Å². The van der Waals surface area contributed by atoms with Crippen LogP contribution in [-0.4, -0.2) is 39.7 Å². The molecule has 0 saturated heterocycles. The van der Waals surface area contributed by atoms with Gasteiger partial charge in [0.05, 0.1) is 19.0 Å². The van der Waals surface area contributed by atoms with Crippen molar-refractivity contribution in [2.75, 3.05) is 19.0 Å². The molecule has 142 valence electrons.